The van der Waals surface area contributed by atoms with Gasteiger partial charge in [0, 0.05) is 13.7 Å². The molecule has 1 heterocycles. The number of aliphatic hydroxyl groups excluding tert-OH is 3. The molecular formula is C28H35Cl2NO10. The number of benzene rings is 2. The Labute approximate surface area is 248 Å². The molecule has 2 aromatic rings. The number of alkyl carbamates (subject to hydrolysis) is 1. The summed E-state index contributed by atoms with van der Waals surface area (Å²) in [5.41, 5.74) is 1.30. The molecule has 1 aliphatic rings. The minimum Gasteiger partial charge on any atom is -0.486 e. The van der Waals surface area contributed by atoms with Gasteiger partial charge in [0.05, 0.1) is 22.2 Å². The molecule has 2 aromatic carbocycles. The summed E-state index contributed by atoms with van der Waals surface area (Å²) >= 11 is 13.0. The molecular weight excluding hydrogens is 581 g/mol. The van der Waals surface area contributed by atoms with Crippen LogP contribution >= 0.6 is 23.2 Å². The first-order chi connectivity index (χ1) is 19.2. The van der Waals surface area contributed by atoms with Gasteiger partial charge in [0.15, 0.2) is 18.1 Å². The van der Waals surface area contributed by atoms with E-state index in [4.69, 9.17) is 46.9 Å². The molecule has 1 fully saturated rings. The number of hydrogen-bond acceptors (Lipinski definition) is 10. The molecule has 226 valence electrons. The Morgan fingerprint density at radius 1 is 1.10 bits per heavy atom. The van der Waals surface area contributed by atoms with Crippen LogP contribution in [0.5, 0.6) is 5.75 Å². The highest BCUT2D eigenvalue weighted by Crippen LogP contribution is 2.39. The molecule has 4 N–H and O–H groups in total. The summed E-state index contributed by atoms with van der Waals surface area (Å²) in [5, 5.41) is 32.8. The van der Waals surface area contributed by atoms with Gasteiger partial charge in [-0.05, 0) is 50.5 Å². The lowest BCUT2D eigenvalue weighted by Gasteiger charge is -2.40. The van der Waals surface area contributed by atoms with Crippen molar-refractivity contribution < 1.29 is 48.6 Å². The highest BCUT2D eigenvalue weighted by atomic mass is 35.5. The van der Waals surface area contributed by atoms with Crippen LogP contribution in [0.15, 0.2) is 30.3 Å². The third kappa shape index (κ3) is 8.45. The average molecular weight is 616 g/mol. The van der Waals surface area contributed by atoms with Gasteiger partial charge in [0.25, 0.3) is 0 Å². The molecule has 0 aromatic heterocycles. The van der Waals surface area contributed by atoms with E-state index in [1.807, 2.05) is 24.3 Å². The van der Waals surface area contributed by atoms with Crippen LogP contribution < -0.4 is 10.1 Å². The Kier molecular flexibility index (Phi) is 11.2. The number of halogens is 2. The van der Waals surface area contributed by atoms with Gasteiger partial charge in [-0.3, -0.25) is 0 Å². The van der Waals surface area contributed by atoms with E-state index in [0.717, 1.165) is 11.1 Å². The number of carbonyl (C=O) groups is 2. The monoisotopic (exact) mass is 615 g/mol. The van der Waals surface area contributed by atoms with E-state index in [-0.39, 0.29) is 34.5 Å². The van der Waals surface area contributed by atoms with Crippen molar-refractivity contribution in [1.29, 1.82) is 0 Å². The summed E-state index contributed by atoms with van der Waals surface area (Å²) in [7, 11) is 1.27. The van der Waals surface area contributed by atoms with Gasteiger partial charge in [-0.25, -0.2) is 9.59 Å². The van der Waals surface area contributed by atoms with E-state index in [9.17, 15) is 24.9 Å². The lowest BCUT2D eigenvalue weighted by molar-refractivity contribution is -0.293. The number of aliphatic hydroxyl groups is 3. The van der Waals surface area contributed by atoms with E-state index in [0.29, 0.717) is 5.56 Å². The SMILES string of the molecule is CO[C@H]1O[C@H](CO)[C@@H](O)[C@H](O)[C@H]1OC(=O)c1cc(Cl)c(OCc2cccc(CNC(=O)OC(C)(C)C)c2)c(Cl)c1C. The normalized spacial score (nSPS) is 22.6. The Bertz CT molecular complexity index is 1230. The van der Waals surface area contributed by atoms with E-state index in [1.54, 1.807) is 27.7 Å². The number of ether oxygens (including phenoxy) is 5. The second-order valence-corrected chi connectivity index (χ2v) is 11.2. The average Bonchev–Trinajstić information content (AvgIpc) is 2.91. The summed E-state index contributed by atoms with van der Waals surface area (Å²) in [6.45, 7) is 6.69. The first kappa shape index (κ1) is 32.9. The summed E-state index contributed by atoms with van der Waals surface area (Å²) in [4.78, 5) is 25.0. The molecule has 11 nitrogen and oxygen atoms in total. The van der Waals surface area contributed by atoms with Crippen molar-refractivity contribution >= 4 is 35.3 Å². The zero-order chi connectivity index (χ0) is 30.5. The standard InChI is InChI=1S/C28H35Cl2NO10/c1-14-17(25(35)40-24-22(34)21(33)19(12-32)39-26(24)37-5)10-18(29)23(20(14)30)38-13-16-8-6-7-15(9-16)11-31-27(36)41-28(2,3)4/h6-10,19,21-22,24,26,32-34H,11-13H2,1-5H3,(H,31,36)/t19-,21-,22+,24-,26+/m1/s1. The molecule has 5 atom stereocenters. The van der Waals surface area contributed by atoms with Gasteiger partial charge >= 0.3 is 12.1 Å². The second kappa shape index (κ2) is 14.0. The smallest absolute Gasteiger partial charge is 0.407 e. The van der Waals surface area contributed by atoms with Gasteiger partial charge in [-0.1, -0.05) is 47.5 Å². The zero-order valence-corrected chi connectivity index (χ0v) is 24.9. The Hall–Kier alpha value is -2.64. The van der Waals surface area contributed by atoms with Gasteiger partial charge in [-0.15, -0.1) is 0 Å². The van der Waals surface area contributed by atoms with Crippen LogP contribution in [0.2, 0.25) is 10.0 Å². The van der Waals surface area contributed by atoms with Crippen molar-refractivity contribution in [2.24, 2.45) is 0 Å². The molecule has 0 radical (unpaired) electrons. The fraction of sp³-hybridized carbons (Fsp3) is 0.500. The van der Waals surface area contributed by atoms with Crippen molar-refractivity contribution in [3.63, 3.8) is 0 Å². The number of carbonyl (C=O) groups excluding carboxylic acids is 2. The molecule has 1 aliphatic heterocycles. The quantitative estimate of drug-likeness (QED) is 0.308. The Balaban J connectivity index is 1.69. The lowest BCUT2D eigenvalue weighted by Crippen LogP contribution is -2.60. The van der Waals surface area contributed by atoms with E-state index in [2.05, 4.69) is 5.32 Å². The van der Waals surface area contributed by atoms with Crippen LogP contribution in [0.1, 0.15) is 47.8 Å². The number of nitrogens with one attached hydrogen (secondary N) is 1. The topological polar surface area (TPSA) is 153 Å². The fourth-order valence-corrected chi connectivity index (χ4v) is 4.63. The number of esters is 1. The van der Waals surface area contributed by atoms with Crippen LogP contribution in [0, 0.1) is 6.92 Å². The van der Waals surface area contributed by atoms with Crippen molar-refractivity contribution in [3.8, 4) is 5.75 Å². The van der Waals surface area contributed by atoms with E-state index >= 15 is 0 Å². The molecule has 3 rings (SSSR count). The maximum atomic E-state index is 13.0. The third-order valence-electron chi connectivity index (χ3n) is 6.15. The van der Waals surface area contributed by atoms with Crippen LogP contribution in [-0.2, 0) is 32.1 Å². The molecule has 1 saturated heterocycles. The molecule has 0 saturated carbocycles. The van der Waals surface area contributed by atoms with Crippen molar-refractivity contribution in [2.45, 2.75) is 77.2 Å². The Morgan fingerprint density at radius 3 is 2.41 bits per heavy atom. The molecule has 13 heteroatoms. The highest BCUT2D eigenvalue weighted by Gasteiger charge is 2.47. The number of methoxy groups -OCH3 is 1. The zero-order valence-electron chi connectivity index (χ0n) is 23.4. The maximum Gasteiger partial charge on any atom is 0.407 e. The van der Waals surface area contributed by atoms with Crippen LogP contribution in [0.25, 0.3) is 0 Å². The van der Waals surface area contributed by atoms with E-state index in [1.165, 1.54) is 13.2 Å². The Morgan fingerprint density at radius 2 is 1.78 bits per heavy atom. The first-order valence-corrected chi connectivity index (χ1v) is 13.5. The maximum absolute atomic E-state index is 13.0. The molecule has 0 bridgehead atoms. The molecule has 41 heavy (non-hydrogen) atoms. The number of rotatable bonds is 9. The second-order valence-electron chi connectivity index (χ2n) is 10.5. The molecule has 0 spiro atoms. The van der Waals surface area contributed by atoms with Crippen molar-refractivity contribution in [2.75, 3.05) is 13.7 Å². The fourth-order valence-electron chi connectivity index (χ4n) is 4.07. The minimum atomic E-state index is -1.58. The summed E-state index contributed by atoms with van der Waals surface area (Å²) < 4.78 is 27.1. The van der Waals surface area contributed by atoms with Gasteiger partial charge in [0.2, 0.25) is 0 Å². The number of hydrogen-bond donors (Lipinski definition) is 4. The summed E-state index contributed by atoms with van der Waals surface area (Å²) in [6, 6.07) is 8.66. The first-order valence-electron chi connectivity index (χ1n) is 12.8. The van der Waals surface area contributed by atoms with Crippen LogP contribution in [-0.4, -0.2) is 77.4 Å². The predicted octanol–water partition coefficient (Wildman–Crippen LogP) is 3.52. The van der Waals surface area contributed by atoms with Gasteiger partial charge in [0.1, 0.15) is 30.5 Å². The van der Waals surface area contributed by atoms with Gasteiger partial charge < -0.3 is 44.3 Å². The lowest BCUT2D eigenvalue weighted by atomic mass is 9.99. The largest absolute Gasteiger partial charge is 0.486 e. The molecule has 0 unspecified atom stereocenters. The van der Waals surface area contributed by atoms with Gasteiger partial charge in [-0.2, -0.15) is 0 Å². The summed E-state index contributed by atoms with van der Waals surface area (Å²) in [6.07, 6.45) is -7.37. The van der Waals surface area contributed by atoms with Crippen LogP contribution in [0.3, 0.4) is 0 Å². The third-order valence-corrected chi connectivity index (χ3v) is 6.89. The van der Waals surface area contributed by atoms with Crippen molar-refractivity contribution in [1.82, 2.24) is 5.32 Å². The van der Waals surface area contributed by atoms with Crippen LogP contribution in [0.4, 0.5) is 4.79 Å². The predicted molar refractivity (Wildman–Crippen MR) is 149 cm³/mol. The summed E-state index contributed by atoms with van der Waals surface area (Å²) in [5.74, 6) is -0.746. The van der Waals surface area contributed by atoms with E-state index < -0.39 is 55.0 Å². The van der Waals surface area contributed by atoms with Crippen molar-refractivity contribution in [3.05, 3.63) is 62.6 Å². The highest BCUT2D eigenvalue weighted by molar-refractivity contribution is 6.38. The molecule has 0 aliphatic carbocycles. The minimum absolute atomic E-state index is 0.00314. The molecule has 1 amide bonds. The number of amides is 1.